The van der Waals surface area contributed by atoms with Crippen LogP contribution in [0.25, 0.3) is 11.0 Å². The molecule has 2 aromatic carbocycles. The molecule has 0 spiro atoms. The number of rotatable bonds is 8. The summed E-state index contributed by atoms with van der Waals surface area (Å²) >= 11 is 0. The van der Waals surface area contributed by atoms with Crippen molar-refractivity contribution < 1.29 is 28.6 Å². The van der Waals surface area contributed by atoms with Crippen molar-refractivity contribution in [1.29, 1.82) is 0 Å². The number of pyridine rings is 2. The van der Waals surface area contributed by atoms with E-state index < -0.39 is 34.4 Å². The van der Waals surface area contributed by atoms with Crippen molar-refractivity contribution >= 4 is 16.9 Å². The molecule has 4 rings (SSSR count). The average Bonchev–Trinajstić information content (AvgIpc) is 2.91. The summed E-state index contributed by atoms with van der Waals surface area (Å²) in [7, 11) is 0. The number of aromatic hydroxyl groups is 1. The number of aliphatic hydroxyl groups excluding tert-OH is 1. The van der Waals surface area contributed by atoms with Gasteiger partial charge in [0.15, 0.2) is 11.2 Å². The number of hydrogen-bond acceptors (Lipinski definition) is 6. The van der Waals surface area contributed by atoms with Crippen molar-refractivity contribution in [2.75, 3.05) is 6.61 Å². The van der Waals surface area contributed by atoms with Gasteiger partial charge in [-0.2, -0.15) is 0 Å². The van der Waals surface area contributed by atoms with Crippen LogP contribution in [0.15, 0.2) is 65.6 Å². The molecule has 10 heteroatoms. The molecule has 0 fully saturated rings. The molecule has 4 aromatic rings. The predicted octanol–water partition coefficient (Wildman–Crippen LogP) is 3.06. The molecule has 0 saturated heterocycles. The summed E-state index contributed by atoms with van der Waals surface area (Å²) in [6.45, 7) is -0.398. The van der Waals surface area contributed by atoms with E-state index in [-0.39, 0.29) is 36.4 Å². The number of aliphatic hydroxyl groups is 1. The molecule has 0 aliphatic carbocycles. The highest BCUT2D eigenvalue weighted by Gasteiger charge is 2.24. The van der Waals surface area contributed by atoms with Crippen LogP contribution in [0.2, 0.25) is 0 Å². The zero-order valence-electron chi connectivity index (χ0n) is 20.1. The second-order valence-corrected chi connectivity index (χ2v) is 8.22. The molecule has 0 atom stereocenters. The maximum Gasteiger partial charge on any atom is 0.301 e. The first-order valence-corrected chi connectivity index (χ1v) is 11.7. The smallest absolute Gasteiger partial charge is 0.301 e. The highest BCUT2D eigenvalue weighted by Crippen LogP contribution is 2.26. The highest BCUT2D eigenvalue weighted by molar-refractivity contribution is 6.01. The van der Waals surface area contributed by atoms with Gasteiger partial charge in [0.1, 0.15) is 24.0 Å². The Morgan fingerprint density at radius 2 is 1.92 bits per heavy atom. The highest BCUT2D eigenvalue weighted by atomic mass is 19.1. The zero-order valence-corrected chi connectivity index (χ0v) is 20.1. The van der Waals surface area contributed by atoms with E-state index in [1.54, 1.807) is 24.3 Å². The maximum atomic E-state index is 14.0. The minimum absolute atomic E-state index is 0.00321. The van der Waals surface area contributed by atoms with E-state index in [1.807, 2.05) is 6.07 Å². The van der Waals surface area contributed by atoms with Gasteiger partial charge < -0.3 is 20.4 Å². The summed E-state index contributed by atoms with van der Waals surface area (Å²) < 4.78 is 28.1. The molecule has 194 valence electrons. The van der Waals surface area contributed by atoms with Crippen LogP contribution < -0.4 is 15.7 Å². The molecule has 0 saturated carbocycles. The van der Waals surface area contributed by atoms with Crippen molar-refractivity contribution in [3.63, 3.8) is 0 Å². The van der Waals surface area contributed by atoms with Gasteiger partial charge in [0.05, 0.1) is 5.39 Å². The molecule has 0 radical (unpaired) electrons. The Bertz CT molecular complexity index is 1590. The van der Waals surface area contributed by atoms with E-state index in [1.165, 1.54) is 12.3 Å². The molecule has 38 heavy (non-hydrogen) atoms. The number of hydrogen-bond donors (Lipinski definition) is 3. The van der Waals surface area contributed by atoms with Crippen LogP contribution in [0.1, 0.15) is 39.9 Å². The normalized spacial score (nSPS) is 10.6. The van der Waals surface area contributed by atoms with E-state index in [4.69, 9.17) is 9.94 Å². The molecular weight excluding hydrogens is 496 g/mol. The average molecular weight is 520 g/mol. The lowest BCUT2D eigenvalue weighted by molar-refractivity contribution is 0.0891. The molecule has 0 aliphatic heterocycles. The van der Waals surface area contributed by atoms with Gasteiger partial charge >= 0.3 is 5.56 Å². The summed E-state index contributed by atoms with van der Waals surface area (Å²) in [5, 5.41) is 22.3. The van der Waals surface area contributed by atoms with E-state index in [0.717, 1.165) is 22.4 Å². The Hall–Kier alpha value is -4.75. The van der Waals surface area contributed by atoms with Crippen molar-refractivity contribution in [3.8, 4) is 17.6 Å². The van der Waals surface area contributed by atoms with Gasteiger partial charge in [-0.15, -0.1) is 4.73 Å². The second-order valence-electron chi connectivity index (χ2n) is 8.22. The molecule has 8 nitrogen and oxygen atoms in total. The summed E-state index contributed by atoms with van der Waals surface area (Å²) in [6, 6.07) is 13.3. The minimum Gasteiger partial charge on any atom is -0.506 e. The van der Waals surface area contributed by atoms with Gasteiger partial charge in [-0.25, -0.2) is 13.8 Å². The van der Waals surface area contributed by atoms with E-state index in [2.05, 4.69) is 22.1 Å². The molecule has 2 heterocycles. The summed E-state index contributed by atoms with van der Waals surface area (Å²) in [6.07, 6.45) is 2.32. The van der Waals surface area contributed by atoms with Gasteiger partial charge in [0.2, 0.25) is 0 Å². The van der Waals surface area contributed by atoms with Gasteiger partial charge in [0, 0.05) is 43.0 Å². The SMILES string of the molecule is O=C(NCc1ccc(F)cc1F)c1c(O)c2cc(C#CCCCO)cnc2n(OCc2ccccc2)c1=O. The molecule has 1 amide bonds. The number of unbranched alkanes of at least 4 members (excludes halogenated alkanes) is 1. The third-order valence-electron chi connectivity index (χ3n) is 5.53. The largest absolute Gasteiger partial charge is 0.506 e. The van der Waals surface area contributed by atoms with E-state index >= 15 is 0 Å². The lowest BCUT2D eigenvalue weighted by atomic mass is 10.1. The second kappa shape index (κ2) is 12.0. The molecule has 3 N–H and O–H groups in total. The van der Waals surface area contributed by atoms with Gasteiger partial charge in [-0.1, -0.05) is 48.2 Å². The minimum atomic E-state index is -0.991. The van der Waals surface area contributed by atoms with Gasteiger partial charge in [-0.3, -0.25) is 9.59 Å². The molecule has 2 aromatic heterocycles. The summed E-state index contributed by atoms with van der Waals surface area (Å²) in [5.41, 5.74) is -0.519. The van der Waals surface area contributed by atoms with Crippen molar-refractivity contribution in [1.82, 2.24) is 15.0 Å². The van der Waals surface area contributed by atoms with Crippen LogP contribution in [0.4, 0.5) is 8.78 Å². The van der Waals surface area contributed by atoms with Crippen LogP contribution in [0, 0.1) is 23.5 Å². The zero-order chi connectivity index (χ0) is 27.1. The standard InChI is InChI=1S/C28H23F2N3O5/c29-21-11-10-20(23(30)14-21)16-32-27(36)24-25(35)22-13-19(9-5-2-6-12-34)15-31-26(22)33(28(24)37)38-17-18-7-3-1-4-8-18/h1,3-4,7-8,10-11,13-15,34-35H,2,6,12,16-17H2,(H,32,36). The number of aromatic nitrogens is 2. The monoisotopic (exact) mass is 519 g/mol. The number of halogens is 2. The Labute approximate surface area is 216 Å². The van der Waals surface area contributed by atoms with Gasteiger partial charge in [-0.05, 0) is 24.1 Å². The van der Waals surface area contributed by atoms with Crippen molar-refractivity contribution in [2.24, 2.45) is 0 Å². The quantitative estimate of drug-likeness (QED) is 0.244. The Morgan fingerprint density at radius 3 is 2.66 bits per heavy atom. The Balaban J connectivity index is 1.74. The topological polar surface area (TPSA) is 114 Å². The van der Waals surface area contributed by atoms with Gasteiger partial charge in [0.25, 0.3) is 5.91 Å². The third-order valence-corrected chi connectivity index (χ3v) is 5.53. The van der Waals surface area contributed by atoms with Crippen molar-refractivity contribution in [2.45, 2.75) is 26.0 Å². The van der Waals surface area contributed by atoms with Crippen LogP contribution in [0.5, 0.6) is 5.75 Å². The fourth-order valence-electron chi connectivity index (χ4n) is 3.59. The van der Waals surface area contributed by atoms with Crippen LogP contribution in [0.3, 0.4) is 0 Å². The Kier molecular flexibility index (Phi) is 8.30. The first kappa shape index (κ1) is 26.3. The fraction of sp³-hybridized carbons (Fsp3) is 0.179. The van der Waals surface area contributed by atoms with Crippen LogP contribution in [-0.2, 0) is 13.2 Å². The van der Waals surface area contributed by atoms with E-state index in [0.29, 0.717) is 24.5 Å². The van der Waals surface area contributed by atoms with E-state index in [9.17, 15) is 23.5 Å². The predicted molar refractivity (Wildman–Crippen MR) is 135 cm³/mol. The number of carbonyl (C=O) groups is 1. The lowest BCUT2D eigenvalue weighted by Crippen LogP contribution is -2.36. The third kappa shape index (κ3) is 5.96. The molecule has 0 aliphatic rings. The van der Waals surface area contributed by atoms with Crippen molar-refractivity contribution in [3.05, 3.63) is 105 Å². The summed E-state index contributed by atoms with van der Waals surface area (Å²) in [5.74, 6) is 2.45. The molecular formula is C28H23F2N3O5. The molecule has 0 bridgehead atoms. The number of benzene rings is 2. The molecule has 0 unspecified atom stereocenters. The number of fused-ring (bicyclic) bond motifs is 1. The Morgan fingerprint density at radius 1 is 1.13 bits per heavy atom. The summed E-state index contributed by atoms with van der Waals surface area (Å²) in [4.78, 5) is 36.3. The maximum absolute atomic E-state index is 14.0. The van der Waals surface area contributed by atoms with Crippen LogP contribution >= 0.6 is 0 Å². The lowest BCUT2D eigenvalue weighted by Gasteiger charge is -2.15. The first-order valence-electron chi connectivity index (χ1n) is 11.7. The van der Waals surface area contributed by atoms with Crippen LogP contribution in [-0.4, -0.2) is 32.4 Å². The number of nitrogens with zero attached hydrogens (tertiary/aromatic N) is 2. The fourth-order valence-corrected chi connectivity index (χ4v) is 3.59. The number of nitrogens with one attached hydrogen (secondary N) is 1. The number of amides is 1. The first-order chi connectivity index (χ1) is 18.4. The number of carbonyl (C=O) groups excluding carboxylic acids is 1.